The van der Waals surface area contributed by atoms with Crippen molar-refractivity contribution in [3.8, 4) is 5.69 Å². The number of aromatic nitrogens is 3. The maximum Gasteiger partial charge on any atom is 0.317 e. The van der Waals surface area contributed by atoms with Gasteiger partial charge in [-0.1, -0.05) is 12.1 Å². The van der Waals surface area contributed by atoms with Crippen molar-refractivity contribution in [2.45, 2.75) is 25.4 Å². The molecule has 2 aliphatic rings. The molecule has 2 aliphatic heterocycles. The number of rotatable bonds is 4. The fourth-order valence-electron chi connectivity index (χ4n) is 3.78. The lowest BCUT2D eigenvalue weighted by molar-refractivity contribution is 0.0191. The zero-order valence-electron chi connectivity index (χ0n) is 15.6. The average molecular weight is 370 g/mol. The van der Waals surface area contributed by atoms with Gasteiger partial charge in [0, 0.05) is 32.2 Å². The number of urea groups is 1. The molecule has 2 amide bonds. The molecule has 8 heteroatoms. The molecule has 1 N–H and O–H groups in total. The van der Waals surface area contributed by atoms with Crippen LogP contribution in [0.3, 0.4) is 0 Å². The summed E-state index contributed by atoms with van der Waals surface area (Å²) in [7, 11) is 0. The van der Waals surface area contributed by atoms with Gasteiger partial charge in [0.2, 0.25) is 0 Å². The highest BCUT2D eigenvalue weighted by atomic mass is 16.5. The number of nitrogens with one attached hydrogen (secondary N) is 1. The number of likely N-dealkylation sites (tertiary alicyclic amines) is 1. The molecule has 2 unspecified atom stereocenters. The molecule has 27 heavy (non-hydrogen) atoms. The van der Waals surface area contributed by atoms with Crippen molar-refractivity contribution in [3.63, 3.8) is 0 Å². The van der Waals surface area contributed by atoms with Crippen molar-refractivity contribution in [2.24, 2.45) is 0 Å². The lowest BCUT2D eigenvalue weighted by Gasteiger charge is -2.32. The lowest BCUT2D eigenvalue weighted by Crippen LogP contribution is -2.46. The smallest absolute Gasteiger partial charge is 0.317 e. The molecule has 2 fully saturated rings. The summed E-state index contributed by atoms with van der Waals surface area (Å²) in [5.74, 6) is 0. The Balaban J connectivity index is 1.31. The number of carbonyl (C=O) groups excluding carboxylic acids is 1. The van der Waals surface area contributed by atoms with Gasteiger partial charge in [-0.15, -0.1) is 0 Å². The van der Waals surface area contributed by atoms with Crippen molar-refractivity contribution in [1.82, 2.24) is 29.9 Å². The minimum Gasteiger partial charge on any atom is -0.379 e. The van der Waals surface area contributed by atoms with Crippen LogP contribution in [0.5, 0.6) is 0 Å². The first-order valence-electron chi connectivity index (χ1n) is 9.53. The summed E-state index contributed by atoms with van der Waals surface area (Å²) in [4.78, 5) is 21.0. The Morgan fingerprint density at radius 1 is 1.22 bits per heavy atom. The minimum atomic E-state index is -0.0512. The third-order valence-electron chi connectivity index (χ3n) is 5.43. The molecular weight excluding hydrogens is 344 g/mol. The Morgan fingerprint density at radius 2 is 2.00 bits per heavy atom. The van der Waals surface area contributed by atoms with Gasteiger partial charge in [-0.05, 0) is 31.0 Å². The molecule has 3 heterocycles. The molecular formula is C19H26N6O2. The van der Waals surface area contributed by atoms with E-state index in [0.29, 0.717) is 6.04 Å². The number of hydrogen-bond donors (Lipinski definition) is 1. The zero-order chi connectivity index (χ0) is 18.6. The molecule has 0 radical (unpaired) electrons. The summed E-state index contributed by atoms with van der Waals surface area (Å²) in [6.07, 6.45) is 4.21. The van der Waals surface area contributed by atoms with Crippen molar-refractivity contribution in [2.75, 3.05) is 39.4 Å². The number of nitrogens with zero attached hydrogens (tertiary/aromatic N) is 5. The van der Waals surface area contributed by atoms with Gasteiger partial charge in [0.1, 0.15) is 12.7 Å². The highest BCUT2D eigenvalue weighted by Gasteiger charge is 2.31. The van der Waals surface area contributed by atoms with E-state index in [1.165, 1.54) is 6.33 Å². The van der Waals surface area contributed by atoms with Crippen LogP contribution in [0.1, 0.15) is 24.9 Å². The Labute approximate surface area is 159 Å². The monoisotopic (exact) mass is 370 g/mol. The number of benzene rings is 1. The van der Waals surface area contributed by atoms with Gasteiger partial charge in [-0.3, -0.25) is 4.90 Å². The largest absolute Gasteiger partial charge is 0.379 e. The molecule has 0 bridgehead atoms. The topological polar surface area (TPSA) is 75.5 Å². The number of amides is 2. The molecule has 4 rings (SSSR count). The summed E-state index contributed by atoms with van der Waals surface area (Å²) < 4.78 is 7.14. The van der Waals surface area contributed by atoms with E-state index in [4.69, 9.17) is 4.74 Å². The first-order valence-corrected chi connectivity index (χ1v) is 9.53. The van der Waals surface area contributed by atoms with Crippen LogP contribution in [-0.2, 0) is 4.74 Å². The molecule has 0 saturated carbocycles. The predicted molar refractivity (Wildman–Crippen MR) is 101 cm³/mol. The second-order valence-electron chi connectivity index (χ2n) is 7.14. The maximum atomic E-state index is 12.7. The first-order chi connectivity index (χ1) is 13.2. The number of carbonyl (C=O) groups is 1. The van der Waals surface area contributed by atoms with E-state index in [2.05, 4.69) is 20.3 Å². The van der Waals surface area contributed by atoms with E-state index >= 15 is 0 Å². The Hall–Kier alpha value is -2.45. The van der Waals surface area contributed by atoms with Crippen LogP contribution in [0, 0.1) is 0 Å². The minimum absolute atomic E-state index is 0.0126. The standard InChI is InChI=1S/C19H26N6O2/c1-15(16-2-4-17(5-3-16)25-14-20-13-21-25)22-19(26)24-7-6-18(12-24)23-8-10-27-11-9-23/h2-5,13-15,18H,6-12H2,1H3,(H,22,26). The van der Waals surface area contributed by atoms with Crippen LogP contribution >= 0.6 is 0 Å². The molecule has 0 aliphatic carbocycles. The molecule has 2 atom stereocenters. The van der Waals surface area contributed by atoms with E-state index in [1.54, 1.807) is 11.0 Å². The highest BCUT2D eigenvalue weighted by molar-refractivity contribution is 5.75. The SMILES string of the molecule is CC(NC(=O)N1CCC(N2CCOCC2)C1)c1ccc(-n2cncn2)cc1. The third kappa shape index (κ3) is 4.12. The summed E-state index contributed by atoms with van der Waals surface area (Å²) in [5.41, 5.74) is 2.01. The van der Waals surface area contributed by atoms with Crippen molar-refractivity contribution < 1.29 is 9.53 Å². The van der Waals surface area contributed by atoms with Gasteiger partial charge in [0.15, 0.2) is 0 Å². The number of morpholine rings is 1. The Bertz CT molecular complexity index is 742. The lowest BCUT2D eigenvalue weighted by atomic mass is 10.1. The van der Waals surface area contributed by atoms with E-state index in [1.807, 2.05) is 36.1 Å². The number of hydrogen-bond acceptors (Lipinski definition) is 5. The van der Waals surface area contributed by atoms with Crippen LogP contribution in [0.2, 0.25) is 0 Å². The summed E-state index contributed by atoms with van der Waals surface area (Å²) in [6.45, 7) is 7.14. The van der Waals surface area contributed by atoms with E-state index in [9.17, 15) is 4.79 Å². The van der Waals surface area contributed by atoms with Gasteiger partial charge in [-0.2, -0.15) is 5.10 Å². The van der Waals surface area contributed by atoms with Gasteiger partial charge < -0.3 is 15.0 Å². The second-order valence-corrected chi connectivity index (χ2v) is 7.14. The number of ether oxygens (including phenoxy) is 1. The van der Waals surface area contributed by atoms with Crippen LogP contribution in [0.15, 0.2) is 36.9 Å². The molecule has 0 spiro atoms. The quantitative estimate of drug-likeness (QED) is 0.882. The van der Waals surface area contributed by atoms with Crippen LogP contribution in [-0.4, -0.2) is 76.0 Å². The Kier molecular flexibility index (Phi) is 5.35. The first kappa shape index (κ1) is 17.9. The van der Waals surface area contributed by atoms with Crippen LogP contribution in [0.4, 0.5) is 4.79 Å². The molecule has 1 aromatic heterocycles. The fourth-order valence-corrected chi connectivity index (χ4v) is 3.78. The molecule has 1 aromatic carbocycles. The summed E-state index contributed by atoms with van der Waals surface area (Å²) >= 11 is 0. The van der Waals surface area contributed by atoms with E-state index in [-0.39, 0.29) is 12.1 Å². The maximum absolute atomic E-state index is 12.7. The predicted octanol–water partition coefficient (Wildman–Crippen LogP) is 1.44. The van der Waals surface area contributed by atoms with Crippen molar-refractivity contribution >= 4 is 6.03 Å². The molecule has 144 valence electrons. The van der Waals surface area contributed by atoms with Crippen LogP contribution < -0.4 is 5.32 Å². The van der Waals surface area contributed by atoms with E-state index < -0.39 is 0 Å². The van der Waals surface area contributed by atoms with Crippen molar-refractivity contribution in [1.29, 1.82) is 0 Å². The normalized spacial score (nSPS) is 22.0. The van der Waals surface area contributed by atoms with Gasteiger partial charge in [0.25, 0.3) is 0 Å². The molecule has 2 saturated heterocycles. The van der Waals surface area contributed by atoms with Gasteiger partial charge in [-0.25, -0.2) is 14.5 Å². The van der Waals surface area contributed by atoms with Gasteiger partial charge >= 0.3 is 6.03 Å². The van der Waals surface area contributed by atoms with Crippen molar-refractivity contribution in [3.05, 3.63) is 42.5 Å². The average Bonchev–Trinajstić information content (AvgIpc) is 3.41. The third-order valence-corrected chi connectivity index (χ3v) is 5.43. The van der Waals surface area contributed by atoms with E-state index in [0.717, 1.165) is 57.1 Å². The Morgan fingerprint density at radius 3 is 2.70 bits per heavy atom. The summed E-state index contributed by atoms with van der Waals surface area (Å²) in [5, 5.41) is 7.25. The molecule has 8 nitrogen and oxygen atoms in total. The zero-order valence-corrected chi connectivity index (χ0v) is 15.6. The fraction of sp³-hybridized carbons (Fsp3) is 0.526. The highest BCUT2D eigenvalue weighted by Crippen LogP contribution is 2.19. The summed E-state index contributed by atoms with van der Waals surface area (Å²) in [6, 6.07) is 8.42. The second kappa shape index (κ2) is 8.06. The van der Waals surface area contributed by atoms with Crippen LogP contribution in [0.25, 0.3) is 5.69 Å². The van der Waals surface area contributed by atoms with Gasteiger partial charge in [0.05, 0.1) is 24.9 Å². The molecule has 2 aromatic rings.